The van der Waals surface area contributed by atoms with Gasteiger partial charge in [0.25, 0.3) is 0 Å². The van der Waals surface area contributed by atoms with Crippen molar-refractivity contribution in [3.05, 3.63) is 12.2 Å². The van der Waals surface area contributed by atoms with E-state index in [2.05, 4.69) is 0 Å². The largest absolute Gasteiger partial charge is 0.401 e. The lowest BCUT2D eigenvalue weighted by Gasteiger charge is -2.19. The molecule has 0 aromatic carbocycles. The SMILES string of the molecule is CCN(CC=CCN)CC(F)(F)F. The summed E-state index contributed by atoms with van der Waals surface area (Å²) < 4.78 is 35.7. The van der Waals surface area contributed by atoms with Gasteiger partial charge in [0.2, 0.25) is 0 Å². The van der Waals surface area contributed by atoms with E-state index in [1.54, 1.807) is 19.1 Å². The van der Waals surface area contributed by atoms with Gasteiger partial charge in [0, 0.05) is 13.1 Å². The van der Waals surface area contributed by atoms with E-state index in [4.69, 9.17) is 5.73 Å². The van der Waals surface area contributed by atoms with Crippen LogP contribution in [0, 0.1) is 0 Å². The summed E-state index contributed by atoms with van der Waals surface area (Å²) in [5.74, 6) is 0. The average molecular weight is 196 g/mol. The summed E-state index contributed by atoms with van der Waals surface area (Å²) in [6.45, 7) is 1.88. The smallest absolute Gasteiger partial charge is 0.327 e. The van der Waals surface area contributed by atoms with Crippen LogP contribution in [-0.2, 0) is 0 Å². The number of halogens is 3. The highest BCUT2D eigenvalue weighted by Gasteiger charge is 2.29. The summed E-state index contributed by atoms with van der Waals surface area (Å²) >= 11 is 0. The van der Waals surface area contributed by atoms with Crippen molar-refractivity contribution in [2.75, 3.05) is 26.2 Å². The molecule has 2 N–H and O–H groups in total. The van der Waals surface area contributed by atoms with E-state index in [1.165, 1.54) is 4.90 Å². The first kappa shape index (κ1) is 12.4. The first-order valence-electron chi connectivity index (χ1n) is 4.13. The van der Waals surface area contributed by atoms with Gasteiger partial charge >= 0.3 is 6.18 Å². The molecule has 0 atom stereocenters. The highest BCUT2D eigenvalue weighted by Crippen LogP contribution is 2.15. The number of nitrogens with two attached hydrogens (primary N) is 1. The van der Waals surface area contributed by atoms with E-state index in [0.29, 0.717) is 19.6 Å². The Kier molecular flexibility index (Phi) is 5.73. The lowest BCUT2D eigenvalue weighted by Crippen LogP contribution is -2.34. The van der Waals surface area contributed by atoms with Gasteiger partial charge in [-0.2, -0.15) is 13.2 Å². The number of hydrogen-bond acceptors (Lipinski definition) is 2. The van der Waals surface area contributed by atoms with E-state index >= 15 is 0 Å². The van der Waals surface area contributed by atoms with E-state index in [9.17, 15) is 13.2 Å². The van der Waals surface area contributed by atoms with Crippen LogP contribution in [0.25, 0.3) is 0 Å². The fraction of sp³-hybridized carbons (Fsp3) is 0.750. The molecular weight excluding hydrogens is 181 g/mol. The monoisotopic (exact) mass is 196 g/mol. The second-order valence-electron chi connectivity index (χ2n) is 2.65. The Morgan fingerprint density at radius 3 is 2.31 bits per heavy atom. The molecule has 0 saturated carbocycles. The minimum atomic E-state index is -4.12. The summed E-state index contributed by atoms with van der Waals surface area (Å²) in [5, 5.41) is 0. The van der Waals surface area contributed by atoms with Crippen molar-refractivity contribution in [3.8, 4) is 0 Å². The van der Waals surface area contributed by atoms with Gasteiger partial charge in [-0.15, -0.1) is 0 Å². The van der Waals surface area contributed by atoms with Crippen molar-refractivity contribution >= 4 is 0 Å². The number of hydrogen-bond donors (Lipinski definition) is 1. The molecule has 0 spiro atoms. The summed E-state index contributed by atoms with van der Waals surface area (Å²) in [6.07, 6.45) is -0.819. The van der Waals surface area contributed by atoms with Crippen LogP contribution < -0.4 is 5.73 Å². The molecule has 0 rings (SSSR count). The molecule has 2 nitrogen and oxygen atoms in total. The zero-order valence-electron chi connectivity index (χ0n) is 7.64. The van der Waals surface area contributed by atoms with E-state index < -0.39 is 12.7 Å². The summed E-state index contributed by atoms with van der Waals surface area (Å²) in [6, 6.07) is 0. The Morgan fingerprint density at radius 2 is 1.92 bits per heavy atom. The molecule has 0 saturated heterocycles. The Balaban J connectivity index is 3.83. The first-order valence-corrected chi connectivity index (χ1v) is 4.13. The maximum Gasteiger partial charge on any atom is 0.401 e. The van der Waals surface area contributed by atoms with E-state index in [-0.39, 0.29) is 0 Å². The van der Waals surface area contributed by atoms with Crippen LogP contribution in [0.5, 0.6) is 0 Å². The highest BCUT2D eigenvalue weighted by molar-refractivity contribution is 4.85. The van der Waals surface area contributed by atoms with E-state index in [0.717, 1.165) is 0 Å². The highest BCUT2D eigenvalue weighted by atomic mass is 19.4. The zero-order valence-corrected chi connectivity index (χ0v) is 7.64. The third kappa shape index (κ3) is 7.80. The lowest BCUT2D eigenvalue weighted by molar-refractivity contribution is -0.144. The Bertz CT molecular complexity index is 154. The minimum Gasteiger partial charge on any atom is -0.327 e. The van der Waals surface area contributed by atoms with Crippen molar-refractivity contribution in [3.63, 3.8) is 0 Å². The molecule has 0 bridgehead atoms. The molecule has 13 heavy (non-hydrogen) atoms. The third-order valence-corrected chi connectivity index (χ3v) is 1.52. The molecule has 0 fully saturated rings. The van der Waals surface area contributed by atoms with Crippen LogP contribution >= 0.6 is 0 Å². The van der Waals surface area contributed by atoms with Gasteiger partial charge in [-0.3, -0.25) is 4.90 Å². The predicted octanol–water partition coefficient (Wildman–Crippen LogP) is 1.39. The maximum atomic E-state index is 11.9. The van der Waals surface area contributed by atoms with Gasteiger partial charge in [-0.05, 0) is 6.54 Å². The second kappa shape index (κ2) is 5.99. The van der Waals surface area contributed by atoms with Gasteiger partial charge in [-0.25, -0.2) is 0 Å². The number of rotatable bonds is 5. The number of nitrogens with zero attached hydrogens (tertiary/aromatic N) is 1. The zero-order chi connectivity index (χ0) is 10.3. The fourth-order valence-electron chi connectivity index (χ4n) is 0.879. The molecule has 0 aliphatic carbocycles. The van der Waals surface area contributed by atoms with Gasteiger partial charge in [0.15, 0.2) is 0 Å². The Labute approximate surface area is 76.2 Å². The Hall–Kier alpha value is -0.550. The summed E-state index contributed by atoms with van der Waals surface area (Å²) in [7, 11) is 0. The molecule has 78 valence electrons. The standard InChI is InChI=1S/C8H15F3N2/c1-2-13(6-4-3-5-12)7-8(9,10)11/h3-4H,2,5-7,12H2,1H3. The molecule has 0 aliphatic heterocycles. The molecule has 5 heteroatoms. The van der Waals surface area contributed by atoms with Gasteiger partial charge in [0.05, 0.1) is 6.54 Å². The number of likely N-dealkylation sites (N-methyl/N-ethyl adjacent to an activating group) is 1. The van der Waals surface area contributed by atoms with Crippen LogP contribution in [0.15, 0.2) is 12.2 Å². The quantitative estimate of drug-likeness (QED) is 0.673. The first-order chi connectivity index (χ1) is 5.99. The van der Waals surface area contributed by atoms with Gasteiger partial charge in [-0.1, -0.05) is 19.1 Å². The fourth-order valence-corrected chi connectivity index (χ4v) is 0.879. The topological polar surface area (TPSA) is 29.3 Å². The molecule has 0 radical (unpaired) electrons. The van der Waals surface area contributed by atoms with Crippen molar-refractivity contribution in [2.24, 2.45) is 5.73 Å². The van der Waals surface area contributed by atoms with Crippen LogP contribution in [0.1, 0.15) is 6.92 Å². The molecule has 0 aromatic rings. The van der Waals surface area contributed by atoms with Crippen molar-refractivity contribution in [1.29, 1.82) is 0 Å². The molecule has 0 heterocycles. The maximum absolute atomic E-state index is 11.9. The molecule has 0 aliphatic rings. The van der Waals surface area contributed by atoms with Gasteiger partial charge in [0.1, 0.15) is 0 Å². The summed E-state index contributed by atoms with van der Waals surface area (Å²) in [4.78, 5) is 1.30. The Morgan fingerprint density at radius 1 is 1.31 bits per heavy atom. The van der Waals surface area contributed by atoms with Crippen LogP contribution in [0.4, 0.5) is 13.2 Å². The summed E-state index contributed by atoms with van der Waals surface area (Å²) in [5.41, 5.74) is 5.16. The molecule has 0 amide bonds. The minimum absolute atomic E-state index is 0.299. The van der Waals surface area contributed by atoms with E-state index in [1.807, 2.05) is 0 Å². The molecule has 0 aromatic heterocycles. The molecule has 0 unspecified atom stereocenters. The van der Waals surface area contributed by atoms with Crippen molar-refractivity contribution in [1.82, 2.24) is 4.90 Å². The average Bonchev–Trinajstić information content (AvgIpc) is 2.01. The van der Waals surface area contributed by atoms with Crippen molar-refractivity contribution < 1.29 is 13.2 Å². The lowest BCUT2D eigenvalue weighted by atomic mass is 10.4. The predicted molar refractivity (Wildman–Crippen MR) is 46.4 cm³/mol. The van der Waals surface area contributed by atoms with Crippen LogP contribution in [0.3, 0.4) is 0 Å². The van der Waals surface area contributed by atoms with Crippen LogP contribution in [0.2, 0.25) is 0 Å². The van der Waals surface area contributed by atoms with Crippen LogP contribution in [-0.4, -0.2) is 37.3 Å². The second-order valence-corrected chi connectivity index (χ2v) is 2.65. The molecular formula is C8H15F3N2. The number of alkyl halides is 3. The normalized spacial score (nSPS) is 13.1. The van der Waals surface area contributed by atoms with Gasteiger partial charge < -0.3 is 5.73 Å². The van der Waals surface area contributed by atoms with Crippen molar-refractivity contribution in [2.45, 2.75) is 13.1 Å². The third-order valence-electron chi connectivity index (χ3n) is 1.52.